The molecule has 2 amide bonds. The molecule has 0 aliphatic carbocycles. The molecule has 0 atom stereocenters. The van der Waals surface area contributed by atoms with Crippen LogP contribution in [-0.4, -0.2) is 25.4 Å². The molecule has 5 nitrogen and oxygen atoms in total. The summed E-state index contributed by atoms with van der Waals surface area (Å²) in [6, 6.07) is 5.11. The number of amides is 2. The standard InChI is InChI=1S/C13H16BrNO4/c1-4-18-12(16)15(13(17)19-5-2)10-6-7-11(14)9(3)8-10/h6-8H,4-5H2,1-3H3. The van der Waals surface area contributed by atoms with E-state index in [2.05, 4.69) is 15.9 Å². The summed E-state index contributed by atoms with van der Waals surface area (Å²) >= 11 is 3.36. The van der Waals surface area contributed by atoms with Gasteiger partial charge in [0.05, 0.1) is 18.9 Å². The topological polar surface area (TPSA) is 55.8 Å². The largest absolute Gasteiger partial charge is 0.449 e. The lowest BCUT2D eigenvalue weighted by molar-refractivity contribution is 0.140. The fourth-order valence-corrected chi connectivity index (χ4v) is 1.68. The van der Waals surface area contributed by atoms with Gasteiger partial charge in [0.15, 0.2) is 0 Å². The number of carbonyl (C=O) groups is 2. The highest BCUT2D eigenvalue weighted by Gasteiger charge is 2.26. The fourth-order valence-electron chi connectivity index (χ4n) is 1.43. The molecular formula is C13H16BrNO4. The lowest BCUT2D eigenvalue weighted by Gasteiger charge is -2.19. The molecule has 0 aromatic heterocycles. The summed E-state index contributed by atoms with van der Waals surface area (Å²) in [4.78, 5) is 24.6. The summed E-state index contributed by atoms with van der Waals surface area (Å²) in [5, 5.41) is 0. The Hall–Kier alpha value is -1.56. The molecule has 0 heterocycles. The summed E-state index contributed by atoms with van der Waals surface area (Å²) in [6.45, 7) is 5.58. The van der Waals surface area contributed by atoms with E-state index >= 15 is 0 Å². The molecule has 0 saturated heterocycles. The average molecular weight is 330 g/mol. The van der Waals surface area contributed by atoms with Crippen LogP contribution in [0.4, 0.5) is 15.3 Å². The van der Waals surface area contributed by atoms with Gasteiger partial charge in [0.2, 0.25) is 0 Å². The molecule has 6 heteroatoms. The first-order chi connectivity index (χ1) is 9.01. The second-order valence-corrected chi connectivity index (χ2v) is 4.52. The van der Waals surface area contributed by atoms with Gasteiger partial charge in [-0.05, 0) is 44.5 Å². The molecule has 0 fully saturated rings. The number of hydrogen-bond acceptors (Lipinski definition) is 4. The number of nitrogens with zero attached hydrogens (tertiary/aromatic N) is 1. The normalized spacial score (nSPS) is 9.89. The van der Waals surface area contributed by atoms with E-state index in [1.807, 2.05) is 6.92 Å². The minimum Gasteiger partial charge on any atom is -0.449 e. The van der Waals surface area contributed by atoms with Crippen molar-refractivity contribution >= 4 is 33.8 Å². The van der Waals surface area contributed by atoms with Crippen LogP contribution in [0.5, 0.6) is 0 Å². The predicted octanol–water partition coefficient (Wildman–Crippen LogP) is 3.88. The lowest BCUT2D eigenvalue weighted by Crippen LogP contribution is -2.38. The molecule has 0 aliphatic rings. The summed E-state index contributed by atoms with van der Waals surface area (Å²) in [6.07, 6.45) is -1.50. The van der Waals surface area contributed by atoms with E-state index in [4.69, 9.17) is 9.47 Å². The minimum atomic E-state index is -0.748. The maximum Gasteiger partial charge on any atom is 0.423 e. The summed E-state index contributed by atoms with van der Waals surface area (Å²) in [5.41, 5.74) is 1.31. The van der Waals surface area contributed by atoms with Crippen molar-refractivity contribution in [2.24, 2.45) is 0 Å². The highest BCUT2D eigenvalue weighted by molar-refractivity contribution is 9.10. The molecule has 0 unspecified atom stereocenters. The number of aryl methyl sites for hydroxylation is 1. The van der Waals surface area contributed by atoms with Gasteiger partial charge in [0.25, 0.3) is 0 Å². The van der Waals surface area contributed by atoms with Crippen LogP contribution in [0.2, 0.25) is 0 Å². The third-order valence-electron chi connectivity index (χ3n) is 2.30. The second-order valence-electron chi connectivity index (χ2n) is 3.67. The molecule has 1 aromatic rings. The van der Waals surface area contributed by atoms with Gasteiger partial charge in [-0.3, -0.25) is 0 Å². The van der Waals surface area contributed by atoms with Gasteiger partial charge < -0.3 is 9.47 Å². The molecule has 19 heavy (non-hydrogen) atoms. The second kappa shape index (κ2) is 7.13. The SMILES string of the molecule is CCOC(=O)N(C(=O)OCC)c1ccc(Br)c(C)c1. The van der Waals surface area contributed by atoms with Crippen LogP contribution in [-0.2, 0) is 9.47 Å². The number of rotatable bonds is 3. The Kier molecular flexibility index (Phi) is 5.82. The number of imide groups is 1. The molecule has 0 bridgehead atoms. The van der Waals surface area contributed by atoms with E-state index in [-0.39, 0.29) is 13.2 Å². The van der Waals surface area contributed by atoms with Gasteiger partial charge in [-0.25, -0.2) is 9.59 Å². The number of anilines is 1. The Morgan fingerprint density at radius 3 is 2.11 bits per heavy atom. The van der Waals surface area contributed by atoms with Crippen LogP contribution in [0.3, 0.4) is 0 Å². The summed E-state index contributed by atoms with van der Waals surface area (Å²) in [5.74, 6) is 0. The Bertz CT molecular complexity index is 458. The number of benzene rings is 1. The fraction of sp³-hybridized carbons (Fsp3) is 0.385. The third kappa shape index (κ3) is 3.96. The van der Waals surface area contributed by atoms with Crippen LogP contribution in [0.1, 0.15) is 19.4 Å². The van der Waals surface area contributed by atoms with Crippen LogP contribution in [0.25, 0.3) is 0 Å². The van der Waals surface area contributed by atoms with Crippen molar-refractivity contribution < 1.29 is 19.1 Å². The number of halogens is 1. The van der Waals surface area contributed by atoms with Crippen molar-refractivity contribution in [3.63, 3.8) is 0 Å². The molecule has 0 spiro atoms. The van der Waals surface area contributed by atoms with Crippen molar-refractivity contribution in [1.29, 1.82) is 0 Å². The van der Waals surface area contributed by atoms with Crippen LogP contribution >= 0.6 is 15.9 Å². The van der Waals surface area contributed by atoms with E-state index in [0.717, 1.165) is 14.9 Å². The van der Waals surface area contributed by atoms with Crippen molar-refractivity contribution in [1.82, 2.24) is 0 Å². The Morgan fingerprint density at radius 2 is 1.68 bits per heavy atom. The van der Waals surface area contributed by atoms with Crippen molar-refractivity contribution in [2.75, 3.05) is 18.1 Å². The summed E-state index contributed by atoms with van der Waals surface area (Å²) in [7, 11) is 0. The van der Waals surface area contributed by atoms with E-state index in [9.17, 15) is 9.59 Å². The van der Waals surface area contributed by atoms with E-state index < -0.39 is 12.2 Å². The monoisotopic (exact) mass is 329 g/mol. The number of carbonyl (C=O) groups excluding carboxylic acids is 2. The van der Waals surface area contributed by atoms with Crippen LogP contribution in [0, 0.1) is 6.92 Å². The quantitative estimate of drug-likeness (QED) is 0.844. The first-order valence-corrected chi connectivity index (χ1v) is 6.70. The molecule has 1 rings (SSSR count). The van der Waals surface area contributed by atoms with E-state index in [0.29, 0.717) is 5.69 Å². The maximum atomic E-state index is 11.8. The molecular weight excluding hydrogens is 314 g/mol. The zero-order chi connectivity index (χ0) is 14.4. The van der Waals surface area contributed by atoms with Gasteiger partial charge in [-0.1, -0.05) is 15.9 Å². The Labute approximate surface area is 120 Å². The van der Waals surface area contributed by atoms with E-state index in [1.165, 1.54) is 0 Å². The lowest BCUT2D eigenvalue weighted by atomic mass is 10.2. The van der Waals surface area contributed by atoms with Crippen LogP contribution in [0.15, 0.2) is 22.7 Å². The molecule has 104 valence electrons. The van der Waals surface area contributed by atoms with Gasteiger partial charge in [-0.2, -0.15) is 4.90 Å². The van der Waals surface area contributed by atoms with Gasteiger partial charge >= 0.3 is 12.2 Å². The minimum absolute atomic E-state index is 0.185. The molecule has 0 radical (unpaired) electrons. The first kappa shape index (κ1) is 15.5. The number of hydrogen-bond donors (Lipinski definition) is 0. The zero-order valence-electron chi connectivity index (χ0n) is 11.1. The Morgan fingerprint density at radius 1 is 1.16 bits per heavy atom. The molecule has 0 aliphatic heterocycles. The Balaban J connectivity index is 3.11. The van der Waals surface area contributed by atoms with Crippen molar-refractivity contribution in [3.05, 3.63) is 28.2 Å². The zero-order valence-corrected chi connectivity index (χ0v) is 12.7. The molecule has 0 N–H and O–H groups in total. The third-order valence-corrected chi connectivity index (χ3v) is 3.19. The number of ether oxygens (including phenoxy) is 2. The highest BCUT2D eigenvalue weighted by atomic mass is 79.9. The van der Waals surface area contributed by atoms with Crippen molar-refractivity contribution in [2.45, 2.75) is 20.8 Å². The molecule has 0 saturated carbocycles. The van der Waals surface area contributed by atoms with Gasteiger partial charge in [0, 0.05) is 4.47 Å². The predicted molar refractivity (Wildman–Crippen MR) is 75.4 cm³/mol. The smallest absolute Gasteiger partial charge is 0.423 e. The summed E-state index contributed by atoms with van der Waals surface area (Å²) < 4.78 is 10.6. The highest BCUT2D eigenvalue weighted by Crippen LogP contribution is 2.24. The maximum absolute atomic E-state index is 11.8. The molecule has 1 aromatic carbocycles. The van der Waals surface area contributed by atoms with E-state index in [1.54, 1.807) is 32.0 Å². The van der Waals surface area contributed by atoms with Crippen molar-refractivity contribution in [3.8, 4) is 0 Å². The van der Waals surface area contributed by atoms with Gasteiger partial charge in [-0.15, -0.1) is 0 Å². The van der Waals surface area contributed by atoms with Crippen LogP contribution < -0.4 is 4.90 Å². The average Bonchev–Trinajstić information content (AvgIpc) is 2.34. The first-order valence-electron chi connectivity index (χ1n) is 5.91. The van der Waals surface area contributed by atoms with Gasteiger partial charge in [0.1, 0.15) is 0 Å².